The summed E-state index contributed by atoms with van der Waals surface area (Å²) in [6, 6.07) is 2.10. The van der Waals surface area contributed by atoms with Gasteiger partial charge in [0.15, 0.2) is 0 Å². The van der Waals surface area contributed by atoms with Crippen molar-refractivity contribution in [2.24, 2.45) is 5.73 Å². The first kappa shape index (κ1) is 16.3. The molecule has 1 aliphatic carbocycles. The molecule has 1 saturated carbocycles. The number of nitrogens with zero attached hydrogens (tertiary/aromatic N) is 1. The maximum absolute atomic E-state index is 12.1. The third-order valence-electron chi connectivity index (χ3n) is 3.89. The van der Waals surface area contributed by atoms with Crippen molar-refractivity contribution in [3.8, 4) is 0 Å². The number of thiophene rings is 1. The summed E-state index contributed by atoms with van der Waals surface area (Å²) in [6.45, 7) is 0.335. The third-order valence-corrected chi connectivity index (χ3v) is 5.81. The Hall–Kier alpha value is -1.05. The van der Waals surface area contributed by atoms with Gasteiger partial charge in [-0.05, 0) is 44.0 Å². The van der Waals surface area contributed by atoms with Gasteiger partial charge in [0.25, 0.3) is 5.91 Å². The van der Waals surface area contributed by atoms with Crippen molar-refractivity contribution < 1.29 is 9.59 Å². The Balaban J connectivity index is 1.87. The van der Waals surface area contributed by atoms with E-state index in [-0.39, 0.29) is 5.91 Å². The molecule has 1 aromatic heterocycles. The van der Waals surface area contributed by atoms with Gasteiger partial charge in [0.2, 0.25) is 5.91 Å². The summed E-state index contributed by atoms with van der Waals surface area (Å²) < 4.78 is 0. The minimum absolute atomic E-state index is 0.102. The Morgan fingerprint density at radius 3 is 2.90 bits per heavy atom. The molecule has 1 aliphatic rings. The van der Waals surface area contributed by atoms with Crippen LogP contribution in [0.15, 0.2) is 11.4 Å². The summed E-state index contributed by atoms with van der Waals surface area (Å²) in [5, 5.41) is 5.78. The first-order valence-corrected chi connectivity index (χ1v) is 9.08. The fourth-order valence-electron chi connectivity index (χ4n) is 2.65. The van der Waals surface area contributed by atoms with Crippen LogP contribution in [-0.4, -0.2) is 47.9 Å². The number of hydrogen-bond acceptors (Lipinski definition) is 5. The molecule has 0 aromatic carbocycles. The van der Waals surface area contributed by atoms with E-state index in [1.165, 1.54) is 17.8 Å². The van der Waals surface area contributed by atoms with Crippen LogP contribution in [0.1, 0.15) is 29.6 Å². The fourth-order valence-corrected chi connectivity index (χ4v) is 4.25. The highest BCUT2D eigenvalue weighted by atomic mass is 32.2. The van der Waals surface area contributed by atoms with Crippen LogP contribution in [0, 0.1) is 0 Å². The second-order valence-corrected chi connectivity index (χ2v) is 7.37. The molecular formula is C14H21N3O2S2. The highest BCUT2D eigenvalue weighted by Gasteiger charge is 2.27. The maximum atomic E-state index is 12.1. The summed E-state index contributed by atoms with van der Waals surface area (Å²) in [6.07, 6.45) is 5.63. The first-order chi connectivity index (χ1) is 10.0. The molecule has 3 N–H and O–H groups in total. The standard InChI is InChI=1S/C14H21N3O2S2/c1-17(9-3-4-10(7-9)20-2)8-12(18)16-14-11(13(15)19)5-6-21-14/h5-6,9-10H,3-4,7-8H2,1-2H3,(H2,15,19)(H,16,18)/t9-,10+/m0/s1. The number of nitrogens with two attached hydrogens (primary N) is 1. The summed E-state index contributed by atoms with van der Waals surface area (Å²) in [4.78, 5) is 25.4. The van der Waals surface area contributed by atoms with Gasteiger partial charge in [-0.2, -0.15) is 11.8 Å². The molecule has 0 bridgehead atoms. The van der Waals surface area contributed by atoms with Crippen LogP contribution in [0.25, 0.3) is 0 Å². The third kappa shape index (κ3) is 4.21. The van der Waals surface area contributed by atoms with Gasteiger partial charge >= 0.3 is 0 Å². The largest absolute Gasteiger partial charge is 0.366 e. The Morgan fingerprint density at radius 1 is 1.52 bits per heavy atom. The van der Waals surface area contributed by atoms with Gasteiger partial charge in [-0.15, -0.1) is 11.3 Å². The van der Waals surface area contributed by atoms with Gasteiger partial charge in [-0.25, -0.2) is 0 Å². The molecule has 1 aromatic rings. The van der Waals surface area contributed by atoms with E-state index < -0.39 is 5.91 Å². The van der Waals surface area contributed by atoms with Crippen LogP contribution < -0.4 is 11.1 Å². The molecule has 0 spiro atoms. The number of anilines is 1. The number of carbonyl (C=O) groups excluding carboxylic acids is 2. The van der Waals surface area contributed by atoms with E-state index in [9.17, 15) is 9.59 Å². The molecule has 1 heterocycles. The van der Waals surface area contributed by atoms with E-state index in [0.717, 1.165) is 12.8 Å². The van der Waals surface area contributed by atoms with Crippen molar-refractivity contribution >= 4 is 39.9 Å². The normalized spacial score (nSPS) is 21.7. The number of rotatable bonds is 6. The number of nitrogens with one attached hydrogen (secondary N) is 1. The molecule has 2 amide bonds. The second kappa shape index (κ2) is 7.29. The highest BCUT2D eigenvalue weighted by Crippen LogP contribution is 2.30. The number of likely N-dealkylation sites (N-methyl/N-ethyl adjacent to an activating group) is 1. The van der Waals surface area contributed by atoms with Crippen LogP contribution in [0.2, 0.25) is 0 Å². The molecule has 21 heavy (non-hydrogen) atoms. The number of thioether (sulfide) groups is 1. The zero-order valence-corrected chi connectivity index (χ0v) is 13.9. The zero-order chi connectivity index (χ0) is 15.4. The maximum Gasteiger partial charge on any atom is 0.251 e. The lowest BCUT2D eigenvalue weighted by Gasteiger charge is -2.23. The molecule has 116 valence electrons. The van der Waals surface area contributed by atoms with Crippen LogP contribution in [0.3, 0.4) is 0 Å². The van der Waals surface area contributed by atoms with Crippen molar-refractivity contribution in [2.45, 2.75) is 30.6 Å². The van der Waals surface area contributed by atoms with Gasteiger partial charge in [-0.1, -0.05) is 0 Å². The number of hydrogen-bond donors (Lipinski definition) is 2. The van der Waals surface area contributed by atoms with Gasteiger partial charge in [0, 0.05) is 11.3 Å². The lowest BCUT2D eigenvalue weighted by Crippen LogP contribution is -2.37. The minimum atomic E-state index is -0.515. The van der Waals surface area contributed by atoms with Crippen LogP contribution in [0.5, 0.6) is 0 Å². The van der Waals surface area contributed by atoms with Crippen molar-refractivity contribution in [1.29, 1.82) is 0 Å². The average molecular weight is 327 g/mol. The molecule has 2 atom stereocenters. The molecule has 0 unspecified atom stereocenters. The topological polar surface area (TPSA) is 75.4 Å². The lowest BCUT2D eigenvalue weighted by molar-refractivity contribution is -0.117. The van der Waals surface area contributed by atoms with Crippen LogP contribution >= 0.6 is 23.1 Å². The molecule has 0 radical (unpaired) electrons. The summed E-state index contributed by atoms with van der Waals surface area (Å²) >= 11 is 3.22. The van der Waals surface area contributed by atoms with Crippen LogP contribution in [-0.2, 0) is 4.79 Å². The fraction of sp³-hybridized carbons (Fsp3) is 0.571. The summed E-state index contributed by atoms with van der Waals surface area (Å²) in [7, 11) is 1.98. The van der Waals surface area contributed by atoms with Gasteiger partial charge in [0.05, 0.1) is 12.1 Å². The second-order valence-electron chi connectivity index (χ2n) is 5.32. The SMILES string of the molecule is CS[C@@H]1CC[C@H](N(C)CC(=O)Nc2sccc2C(N)=O)C1. The van der Waals surface area contributed by atoms with E-state index >= 15 is 0 Å². The Bertz CT molecular complexity index is 518. The number of carbonyl (C=O) groups is 2. The average Bonchev–Trinajstić information content (AvgIpc) is 3.06. The van der Waals surface area contributed by atoms with Crippen molar-refractivity contribution in [3.05, 3.63) is 17.0 Å². The summed E-state index contributed by atoms with van der Waals surface area (Å²) in [5.41, 5.74) is 5.64. The smallest absolute Gasteiger partial charge is 0.251 e. The van der Waals surface area contributed by atoms with Crippen molar-refractivity contribution in [3.63, 3.8) is 0 Å². The van der Waals surface area contributed by atoms with E-state index in [0.29, 0.717) is 28.4 Å². The van der Waals surface area contributed by atoms with Gasteiger partial charge in [-0.3, -0.25) is 14.5 Å². The molecular weight excluding hydrogens is 306 g/mol. The predicted molar refractivity (Wildman–Crippen MR) is 89.0 cm³/mol. The predicted octanol–water partition coefficient (Wildman–Crippen LogP) is 2.00. The Kier molecular flexibility index (Phi) is 5.66. The van der Waals surface area contributed by atoms with E-state index in [1.54, 1.807) is 11.4 Å². The molecule has 1 fully saturated rings. The number of amides is 2. The van der Waals surface area contributed by atoms with Crippen LogP contribution in [0.4, 0.5) is 5.00 Å². The van der Waals surface area contributed by atoms with E-state index in [2.05, 4.69) is 16.5 Å². The summed E-state index contributed by atoms with van der Waals surface area (Å²) in [5.74, 6) is -0.617. The first-order valence-electron chi connectivity index (χ1n) is 6.91. The van der Waals surface area contributed by atoms with Gasteiger partial charge < -0.3 is 11.1 Å². The molecule has 0 saturated heterocycles. The van der Waals surface area contributed by atoms with Crippen molar-refractivity contribution in [2.75, 3.05) is 25.2 Å². The zero-order valence-electron chi connectivity index (χ0n) is 12.3. The molecule has 7 heteroatoms. The van der Waals surface area contributed by atoms with Gasteiger partial charge in [0.1, 0.15) is 5.00 Å². The van der Waals surface area contributed by atoms with E-state index in [4.69, 9.17) is 5.73 Å². The monoisotopic (exact) mass is 327 g/mol. The lowest BCUT2D eigenvalue weighted by atomic mass is 10.2. The minimum Gasteiger partial charge on any atom is -0.366 e. The molecule has 0 aliphatic heterocycles. The quantitative estimate of drug-likeness (QED) is 0.838. The Morgan fingerprint density at radius 2 is 2.29 bits per heavy atom. The van der Waals surface area contributed by atoms with Crippen molar-refractivity contribution in [1.82, 2.24) is 4.90 Å². The molecule has 5 nitrogen and oxygen atoms in total. The number of primary amides is 1. The molecule has 2 rings (SSSR count). The highest BCUT2D eigenvalue weighted by molar-refractivity contribution is 7.99. The van der Waals surface area contributed by atoms with E-state index in [1.807, 2.05) is 18.8 Å². The Labute approximate surface area is 133 Å².